The molecule has 0 radical (unpaired) electrons. The van der Waals surface area contributed by atoms with Gasteiger partial charge >= 0.3 is 0 Å². The van der Waals surface area contributed by atoms with Crippen LogP contribution in [0.2, 0.25) is 0 Å². The molecule has 0 amide bonds. The lowest BCUT2D eigenvalue weighted by Crippen LogP contribution is -1.92. The molecule has 0 bridgehead atoms. The van der Waals surface area contributed by atoms with Crippen LogP contribution in [-0.4, -0.2) is 4.98 Å². The summed E-state index contributed by atoms with van der Waals surface area (Å²) in [4.78, 5) is 4.64. The second-order valence-corrected chi connectivity index (χ2v) is 12.8. The van der Waals surface area contributed by atoms with Gasteiger partial charge in [0.15, 0.2) is 0 Å². The van der Waals surface area contributed by atoms with Gasteiger partial charge < -0.3 is 0 Å². The molecule has 0 aliphatic heterocycles. The Hall–Kier alpha value is -6.31. The minimum atomic E-state index is 0.981. The summed E-state index contributed by atoms with van der Waals surface area (Å²) in [5.74, 6) is 0. The Morgan fingerprint density at radius 3 is 1.45 bits per heavy atom. The number of benzene rings is 8. The molecule has 0 fully saturated rings. The molecular weight excluding hydrogens is 591 g/mol. The highest BCUT2D eigenvalue weighted by Crippen LogP contribution is 2.46. The van der Waals surface area contributed by atoms with Gasteiger partial charge in [-0.15, -0.1) is 0 Å². The highest BCUT2D eigenvalue weighted by molar-refractivity contribution is 6.24. The fourth-order valence-electron chi connectivity index (χ4n) is 7.44. The lowest BCUT2D eigenvalue weighted by molar-refractivity contribution is 1.33. The maximum absolute atomic E-state index is 4.64. The Labute approximate surface area is 286 Å². The molecule has 0 N–H and O–H groups in total. The van der Waals surface area contributed by atoms with Crippen LogP contribution >= 0.6 is 0 Å². The monoisotopic (exact) mass is 623 g/mol. The van der Waals surface area contributed by atoms with Gasteiger partial charge in [-0.2, -0.15) is 0 Å². The number of hydrogen-bond acceptors (Lipinski definition) is 1. The summed E-state index contributed by atoms with van der Waals surface area (Å²) in [7, 11) is 0. The quantitative estimate of drug-likeness (QED) is 0.174. The van der Waals surface area contributed by atoms with Crippen LogP contribution in [-0.2, 0) is 0 Å². The first kappa shape index (κ1) is 28.9. The first-order valence-corrected chi connectivity index (χ1v) is 16.9. The van der Waals surface area contributed by atoms with E-state index in [-0.39, 0.29) is 0 Å². The van der Waals surface area contributed by atoms with E-state index in [0.29, 0.717) is 0 Å². The number of aryl methyl sites for hydroxylation is 1. The van der Waals surface area contributed by atoms with Gasteiger partial charge in [0.2, 0.25) is 0 Å². The van der Waals surface area contributed by atoms with Crippen LogP contribution in [0.25, 0.3) is 88.1 Å². The summed E-state index contributed by atoms with van der Waals surface area (Å²) in [5, 5.41) is 7.56. The summed E-state index contributed by atoms with van der Waals surface area (Å²) < 4.78 is 0. The van der Waals surface area contributed by atoms with E-state index in [0.717, 1.165) is 16.8 Å². The molecule has 0 spiro atoms. The summed E-state index contributed by atoms with van der Waals surface area (Å²) in [5.41, 5.74) is 13.2. The number of fused-ring (bicyclic) bond motifs is 3. The molecule has 0 saturated carbocycles. The number of pyridine rings is 1. The maximum Gasteiger partial charge on any atom is 0.0708 e. The molecule has 1 heterocycles. The Bertz CT molecular complexity index is 2580. The molecule has 1 heteroatoms. The van der Waals surface area contributed by atoms with Crippen LogP contribution in [0, 0.1) is 6.92 Å². The van der Waals surface area contributed by atoms with Crippen molar-refractivity contribution in [2.75, 3.05) is 0 Å². The van der Waals surface area contributed by atoms with Gasteiger partial charge in [0.25, 0.3) is 0 Å². The molecule has 49 heavy (non-hydrogen) atoms. The molecule has 9 aromatic rings. The van der Waals surface area contributed by atoms with Gasteiger partial charge in [-0.25, -0.2) is 0 Å². The zero-order valence-corrected chi connectivity index (χ0v) is 27.3. The Morgan fingerprint density at radius 2 is 0.816 bits per heavy atom. The van der Waals surface area contributed by atoms with Crippen molar-refractivity contribution in [1.29, 1.82) is 0 Å². The molecule has 230 valence electrons. The van der Waals surface area contributed by atoms with E-state index < -0.39 is 0 Å². The Kier molecular flexibility index (Phi) is 7.10. The Morgan fingerprint density at radius 1 is 0.327 bits per heavy atom. The van der Waals surface area contributed by atoms with Crippen LogP contribution in [0.1, 0.15) is 5.56 Å². The molecular formula is C48H33N. The second kappa shape index (κ2) is 12.0. The third-order valence-corrected chi connectivity index (χ3v) is 9.82. The van der Waals surface area contributed by atoms with Gasteiger partial charge in [0.1, 0.15) is 0 Å². The molecule has 0 saturated heterocycles. The van der Waals surface area contributed by atoms with E-state index in [9.17, 15) is 0 Å². The first-order chi connectivity index (χ1) is 24.2. The largest absolute Gasteiger partial charge is 0.256 e. The van der Waals surface area contributed by atoms with E-state index >= 15 is 0 Å². The highest BCUT2D eigenvalue weighted by atomic mass is 14.7. The predicted molar refractivity (Wildman–Crippen MR) is 209 cm³/mol. The summed E-state index contributed by atoms with van der Waals surface area (Å²) in [6.45, 7) is 2.14. The molecule has 1 aromatic heterocycles. The van der Waals surface area contributed by atoms with E-state index in [1.54, 1.807) is 0 Å². The van der Waals surface area contributed by atoms with Crippen molar-refractivity contribution in [3.05, 3.63) is 188 Å². The van der Waals surface area contributed by atoms with Crippen LogP contribution < -0.4 is 0 Å². The Balaban J connectivity index is 1.22. The molecule has 0 aliphatic carbocycles. The predicted octanol–water partition coefficient (Wildman–Crippen LogP) is 13.2. The van der Waals surface area contributed by atoms with Crippen molar-refractivity contribution in [3.63, 3.8) is 0 Å². The number of aromatic nitrogens is 1. The first-order valence-electron chi connectivity index (χ1n) is 16.9. The molecule has 9 rings (SSSR count). The van der Waals surface area contributed by atoms with E-state index in [1.807, 2.05) is 12.3 Å². The lowest BCUT2D eigenvalue weighted by Gasteiger charge is -2.20. The van der Waals surface area contributed by atoms with E-state index in [2.05, 4.69) is 182 Å². The standard InChI is InChI=1S/C48H33N/c1-32-19-21-34(22-20-32)38-27-28-45(40-14-6-5-13-39(38)40)48-43-17-9-7-15-41(43)47(42-16-8-10-18-44(42)48)36-25-23-33(24-26-36)37-29-30-49-46(31-37)35-11-3-2-4-12-35/h2-31H,1H3. The summed E-state index contributed by atoms with van der Waals surface area (Å²) in [6.07, 6.45) is 1.91. The molecule has 0 aliphatic rings. The molecule has 0 atom stereocenters. The molecule has 0 unspecified atom stereocenters. The van der Waals surface area contributed by atoms with Gasteiger partial charge in [-0.3, -0.25) is 4.98 Å². The molecule has 1 nitrogen and oxygen atoms in total. The fourth-order valence-corrected chi connectivity index (χ4v) is 7.44. The average Bonchev–Trinajstić information content (AvgIpc) is 3.17. The third-order valence-electron chi connectivity index (χ3n) is 9.82. The minimum Gasteiger partial charge on any atom is -0.256 e. The summed E-state index contributed by atoms with van der Waals surface area (Å²) >= 11 is 0. The van der Waals surface area contributed by atoms with Crippen molar-refractivity contribution in [3.8, 4) is 55.8 Å². The normalized spacial score (nSPS) is 11.4. The van der Waals surface area contributed by atoms with Crippen LogP contribution in [0.3, 0.4) is 0 Å². The summed E-state index contributed by atoms with van der Waals surface area (Å²) in [6, 6.07) is 63.9. The van der Waals surface area contributed by atoms with Crippen LogP contribution in [0.5, 0.6) is 0 Å². The topological polar surface area (TPSA) is 12.9 Å². The number of nitrogens with zero attached hydrogens (tertiary/aromatic N) is 1. The SMILES string of the molecule is Cc1ccc(-c2ccc(-c3c4ccccc4c(-c4ccc(-c5ccnc(-c6ccccc6)c5)cc4)c4ccccc34)c3ccccc23)cc1. The number of rotatable bonds is 5. The lowest BCUT2D eigenvalue weighted by atomic mass is 9.83. The maximum atomic E-state index is 4.64. The van der Waals surface area contributed by atoms with E-state index in [1.165, 1.54) is 76.8 Å². The highest BCUT2D eigenvalue weighted by Gasteiger charge is 2.19. The molecule has 8 aromatic carbocycles. The van der Waals surface area contributed by atoms with Gasteiger partial charge in [0, 0.05) is 11.8 Å². The smallest absolute Gasteiger partial charge is 0.0708 e. The van der Waals surface area contributed by atoms with Gasteiger partial charge in [0.05, 0.1) is 5.69 Å². The van der Waals surface area contributed by atoms with Crippen LogP contribution in [0.4, 0.5) is 0 Å². The van der Waals surface area contributed by atoms with Crippen molar-refractivity contribution in [2.24, 2.45) is 0 Å². The zero-order valence-electron chi connectivity index (χ0n) is 27.3. The van der Waals surface area contributed by atoms with Crippen molar-refractivity contribution >= 4 is 32.3 Å². The minimum absolute atomic E-state index is 0.981. The van der Waals surface area contributed by atoms with Crippen molar-refractivity contribution in [1.82, 2.24) is 4.98 Å². The van der Waals surface area contributed by atoms with E-state index in [4.69, 9.17) is 0 Å². The third kappa shape index (κ3) is 5.08. The number of hydrogen-bond donors (Lipinski definition) is 0. The van der Waals surface area contributed by atoms with Gasteiger partial charge in [-0.1, -0.05) is 169 Å². The van der Waals surface area contributed by atoms with Gasteiger partial charge in [-0.05, 0) is 95.9 Å². The average molecular weight is 624 g/mol. The second-order valence-electron chi connectivity index (χ2n) is 12.8. The fraction of sp³-hybridized carbons (Fsp3) is 0.0208. The van der Waals surface area contributed by atoms with Crippen LogP contribution in [0.15, 0.2) is 182 Å². The van der Waals surface area contributed by atoms with Crippen molar-refractivity contribution < 1.29 is 0 Å². The van der Waals surface area contributed by atoms with Crippen molar-refractivity contribution in [2.45, 2.75) is 6.92 Å². The zero-order chi connectivity index (χ0) is 32.7.